The number of carbonyl (C=O) groups is 1. The largest absolute Gasteiger partial charge is 0.383 e. The molecule has 1 fully saturated rings. The molecule has 0 aromatic carbocycles. The zero-order chi connectivity index (χ0) is 17.3. The second-order valence-electron chi connectivity index (χ2n) is 6.64. The van der Waals surface area contributed by atoms with Crippen molar-refractivity contribution in [3.05, 3.63) is 0 Å². The average Bonchev–Trinajstić information content (AvgIpc) is 2.56. The Morgan fingerprint density at radius 1 is 1.35 bits per heavy atom. The summed E-state index contributed by atoms with van der Waals surface area (Å²) in [5.74, 6) is 0.782. The summed E-state index contributed by atoms with van der Waals surface area (Å²) in [5.41, 5.74) is -0.476. The third-order valence-corrected chi connectivity index (χ3v) is 4.30. The fourth-order valence-corrected chi connectivity index (χ4v) is 2.63. The van der Waals surface area contributed by atoms with E-state index in [1.807, 2.05) is 13.8 Å². The number of aliphatic imine (C=N–C) groups is 1. The SMILES string of the molecule is CN=C(NCC(C)(C)C(=O)NC)NC1CCN(CCOC)CC1. The van der Waals surface area contributed by atoms with E-state index in [0.29, 0.717) is 12.6 Å². The molecule has 1 heterocycles. The highest BCUT2D eigenvalue weighted by molar-refractivity contribution is 5.84. The Bertz CT molecular complexity index is 390. The van der Waals surface area contributed by atoms with Crippen LogP contribution < -0.4 is 16.0 Å². The molecule has 1 aliphatic heterocycles. The van der Waals surface area contributed by atoms with Crippen LogP contribution in [0.25, 0.3) is 0 Å². The van der Waals surface area contributed by atoms with Crippen molar-refractivity contribution < 1.29 is 9.53 Å². The highest BCUT2D eigenvalue weighted by Crippen LogP contribution is 2.13. The molecule has 23 heavy (non-hydrogen) atoms. The molecule has 0 aliphatic carbocycles. The molecule has 1 saturated heterocycles. The van der Waals surface area contributed by atoms with Gasteiger partial charge in [0.05, 0.1) is 12.0 Å². The Kier molecular flexibility index (Phi) is 8.33. The van der Waals surface area contributed by atoms with Crippen molar-refractivity contribution in [3.63, 3.8) is 0 Å². The lowest BCUT2D eigenvalue weighted by atomic mass is 9.92. The number of guanidine groups is 1. The van der Waals surface area contributed by atoms with Gasteiger partial charge in [-0.2, -0.15) is 0 Å². The van der Waals surface area contributed by atoms with Gasteiger partial charge < -0.3 is 25.6 Å². The molecule has 0 aromatic rings. The molecule has 0 unspecified atom stereocenters. The predicted molar refractivity (Wildman–Crippen MR) is 93.7 cm³/mol. The van der Waals surface area contributed by atoms with E-state index in [1.54, 1.807) is 21.2 Å². The van der Waals surface area contributed by atoms with Crippen LogP contribution in [0, 0.1) is 5.41 Å². The zero-order valence-corrected chi connectivity index (χ0v) is 15.2. The number of carbonyl (C=O) groups excluding carboxylic acids is 1. The minimum Gasteiger partial charge on any atom is -0.383 e. The van der Waals surface area contributed by atoms with Crippen molar-refractivity contribution in [2.45, 2.75) is 32.7 Å². The molecule has 0 aromatic heterocycles. The molecule has 7 nitrogen and oxygen atoms in total. The Morgan fingerprint density at radius 3 is 2.52 bits per heavy atom. The van der Waals surface area contributed by atoms with Gasteiger partial charge in [-0.3, -0.25) is 9.79 Å². The lowest BCUT2D eigenvalue weighted by Crippen LogP contribution is -2.52. The van der Waals surface area contributed by atoms with Gasteiger partial charge in [-0.15, -0.1) is 0 Å². The Hall–Kier alpha value is -1.34. The van der Waals surface area contributed by atoms with Gasteiger partial charge in [0.1, 0.15) is 0 Å². The van der Waals surface area contributed by atoms with Crippen molar-refractivity contribution in [1.29, 1.82) is 0 Å². The average molecular weight is 327 g/mol. The molecule has 0 radical (unpaired) electrons. The first-order chi connectivity index (χ1) is 10.9. The van der Waals surface area contributed by atoms with Gasteiger partial charge >= 0.3 is 0 Å². The van der Waals surface area contributed by atoms with Crippen molar-refractivity contribution in [3.8, 4) is 0 Å². The minimum absolute atomic E-state index is 0.0203. The lowest BCUT2D eigenvalue weighted by molar-refractivity contribution is -0.128. The van der Waals surface area contributed by atoms with Crippen molar-refractivity contribution >= 4 is 11.9 Å². The molecule has 3 N–H and O–H groups in total. The Morgan fingerprint density at radius 2 is 2.00 bits per heavy atom. The summed E-state index contributed by atoms with van der Waals surface area (Å²) in [6.45, 7) is 8.30. The summed E-state index contributed by atoms with van der Waals surface area (Å²) in [4.78, 5) is 18.5. The van der Waals surface area contributed by atoms with Crippen LogP contribution in [0.3, 0.4) is 0 Å². The fraction of sp³-hybridized carbons (Fsp3) is 0.875. The molecule has 0 bridgehead atoms. The van der Waals surface area contributed by atoms with Crippen LogP contribution in [0.1, 0.15) is 26.7 Å². The monoisotopic (exact) mass is 327 g/mol. The van der Waals surface area contributed by atoms with Gasteiger partial charge in [0.25, 0.3) is 0 Å². The maximum absolute atomic E-state index is 11.8. The molecule has 1 aliphatic rings. The number of ether oxygens (including phenoxy) is 1. The molecule has 134 valence electrons. The number of methoxy groups -OCH3 is 1. The van der Waals surface area contributed by atoms with Crippen LogP contribution in [0.5, 0.6) is 0 Å². The summed E-state index contributed by atoms with van der Waals surface area (Å²) < 4.78 is 5.13. The molecular weight excluding hydrogens is 294 g/mol. The standard InChI is InChI=1S/C16H33N5O2/c1-16(2,14(22)17-3)12-19-15(18-4)20-13-6-8-21(9-7-13)10-11-23-5/h13H,6-12H2,1-5H3,(H,17,22)(H2,18,19,20). The number of nitrogens with zero attached hydrogens (tertiary/aromatic N) is 2. The Balaban J connectivity index is 2.36. The van der Waals surface area contributed by atoms with E-state index in [1.165, 1.54) is 0 Å². The fourth-order valence-electron chi connectivity index (χ4n) is 2.63. The molecule has 0 saturated carbocycles. The van der Waals surface area contributed by atoms with Crippen molar-refractivity contribution in [2.24, 2.45) is 10.4 Å². The van der Waals surface area contributed by atoms with E-state index in [-0.39, 0.29) is 5.91 Å². The highest BCUT2D eigenvalue weighted by Gasteiger charge is 2.27. The predicted octanol–water partition coefficient (Wildman–Crippen LogP) is 0.0344. The smallest absolute Gasteiger partial charge is 0.227 e. The number of rotatable bonds is 7. The van der Waals surface area contributed by atoms with Gasteiger partial charge in [-0.1, -0.05) is 0 Å². The molecule has 1 amide bonds. The van der Waals surface area contributed by atoms with Gasteiger partial charge in [-0.25, -0.2) is 0 Å². The molecule has 0 atom stereocenters. The second kappa shape index (κ2) is 9.72. The van der Waals surface area contributed by atoms with Gasteiger partial charge in [0.2, 0.25) is 5.91 Å². The number of piperidine rings is 1. The lowest BCUT2D eigenvalue weighted by Gasteiger charge is -2.33. The maximum atomic E-state index is 11.8. The van der Waals surface area contributed by atoms with E-state index in [0.717, 1.165) is 45.0 Å². The summed E-state index contributed by atoms with van der Waals surface area (Å²) in [7, 11) is 5.16. The van der Waals surface area contributed by atoms with Crippen LogP contribution in [0.2, 0.25) is 0 Å². The van der Waals surface area contributed by atoms with Crippen LogP contribution in [-0.2, 0) is 9.53 Å². The zero-order valence-electron chi connectivity index (χ0n) is 15.2. The number of likely N-dealkylation sites (tertiary alicyclic amines) is 1. The van der Waals surface area contributed by atoms with Crippen molar-refractivity contribution in [1.82, 2.24) is 20.9 Å². The quantitative estimate of drug-likeness (QED) is 0.454. The van der Waals surface area contributed by atoms with Gasteiger partial charge in [0.15, 0.2) is 5.96 Å². The number of nitrogens with one attached hydrogen (secondary N) is 3. The summed E-state index contributed by atoms with van der Waals surface area (Å²) in [5, 5.41) is 9.42. The topological polar surface area (TPSA) is 78.0 Å². The number of hydrogen-bond donors (Lipinski definition) is 3. The van der Waals surface area contributed by atoms with Crippen LogP contribution >= 0.6 is 0 Å². The second-order valence-corrected chi connectivity index (χ2v) is 6.64. The Labute approximate surface area is 140 Å². The highest BCUT2D eigenvalue weighted by atomic mass is 16.5. The summed E-state index contributed by atoms with van der Waals surface area (Å²) in [6.07, 6.45) is 2.17. The van der Waals surface area contributed by atoms with E-state index in [4.69, 9.17) is 4.74 Å². The van der Waals surface area contributed by atoms with E-state index in [9.17, 15) is 4.79 Å². The minimum atomic E-state index is -0.476. The molecule has 1 rings (SSSR count). The first-order valence-electron chi connectivity index (χ1n) is 8.33. The summed E-state index contributed by atoms with van der Waals surface area (Å²) in [6, 6.07) is 0.420. The summed E-state index contributed by atoms with van der Waals surface area (Å²) >= 11 is 0. The number of hydrogen-bond acceptors (Lipinski definition) is 4. The van der Waals surface area contributed by atoms with Crippen LogP contribution in [0.4, 0.5) is 0 Å². The van der Waals surface area contributed by atoms with Crippen LogP contribution in [-0.4, -0.2) is 76.8 Å². The normalized spacial score (nSPS) is 17.9. The third-order valence-electron chi connectivity index (χ3n) is 4.30. The van der Waals surface area contributed by atoms with E-state index < -0.39 is 5.41 Å². The molecular formula is C16H33N5O2. The molecule has 7 heteroatoms. The van der Waals surface area contributed by atoms with Crippen LogP contribution in [0.15, 0.2) is 4.99 Å². The first kappa shape index (κ1) is 19.7. The third kappa shape index (κ3) is 6.74. The molecule has 0 spiro atoms. The van der Waals surface area contributed by atoms with Gasteiger partial charge in [0, 0.05) is 53.4 Å². The van der Waals surface area contributed by atoms with Gasteiger partial charge in [-0.05, 0) is 26.7 Å². The number of amides is 1. The van der Waals surface area contributed by atoms with E-state index in [2.05, 4.69) is 25.8 Å². The van der Waals surface area contributed by atoms with E-state index >= 15 is 0 Å². The first-order valence-corrected chi connectivity index (χ1v) is 8.33. The van der Waals surface area contributed by atoms with Crippen molar-refractivity contribution in [2.75, 3.05) is 54.0 Å². The maximum Gasteiger partial charge on any atom is 0.227 e.